The molecule has 0 aliphatic carbocycles. The van der Waals surface area contributed by atoms with Crippen LogP contribution in [-0.2, 0) is 0 Å². The van der Waals surface area contributed by atoms with Crippen molar-refractivity contribution in [3.8, 4) is 11.1 Å². The molecule has 2 heterocycles. The summed E-state index contributed by atoms with van der Waals surface area (Å²) < 4.78 is 13.0. The molecule has 3 nitrogen and oxygen atoms in total. The highest BCUT2D eigenvalue weighted by Gasteiger charge is 2.13. The minimum atomic E-state index is -0.310. The lowest BCUT2D eigenvalue weighted by Gasteiger charge is -2.01. The van der Waals surface area contributed by atoms with Crippen molar-refractivity contribution >= 4 is 44.9 Å². The van der Waals surface area contributed by atoms with E-state index in [1.807, 2.05) is 5.38 Å². The zero-order valence-corrected chi connectivity index (χ0v) is 13.6. The Balaban J connectivity index is 2.06. The lowest BCUT2D eigenvalue weighted by atomic mass is 10.1. The molecule has 2 aromatic heterocycles. The summed E-state index contributed by atoms with van der Waals surface area (Å²) >= 11 is 8.42. The first-order chi connectivity index (χ1) is 10.5. The standard InChI is InChI=1S/C15H10ClFN2OS2/c1-8(16)6-22-15-18-13(20)12-11(7-21-14(12)19-15)9-2-4-10(17)5-3-9/h2-5,7H,1,6H2,(H,18,19,20). The van der Waals surface area contributed by atoms with Crippen molar-refractivity contribution in [2.45, 2.75) is 5.16 Å². The number of hydrogen-bond acceptors (Lipinski definition) is 4. The molecule has 0 saturated heterocycles. The van der Waals surface area contributed by atoms with Crippen LogP contribution >= 0.6 is 34.7 Å². The van der Waals surface area contributed by atoms with Gasteiger partial charge in [-0.25, -0.2) is 9.37 Å². The van der Waals surface area contributed by atoms with Gasteiger partial charge in [0, 0.05) is 21.7 Å². The van der Waals surface area contributed by atoms with Crippen LogP contribution in [0.15, 0.2) is 51.2 Å². The van der Waals surface area contributed by atoms with Crippen LogP contribution in [0.2, 0.25) is 0 Å². The molecule has 0 radical (unpaired) electrons. The van der Waals surface area contributed by atoms with Gasteiger partial charge in [-0.3, -0.25) is 4.79 Å². The van der Waals surface area contributed by atoms with Crippen molar-refractivity contribution in [3.05, 3.63) is 57.4 Å². The van der Waals surface area contributed by atoms with Gasteiger partial charge in [-0.2, -0.15) is 0 Å². The van der Waals surface area contributed by atoms with Crippen LogP contribution in [0.25, 0.3) is 21.3 Å². The summed E-state index contributed by atoms with van der Waals surface area (Å²) in [5, 5.41) is 3.37. The molecule has 3 rings (SSSR count). The predicted molar refractivity (Wildman–Crippen MR) is 91.4 cm³/mol. The van der Waals surface area contributed by atoms with Crippen LogP contribution in [0, 0.1) is 5.82 Å². The zero-order chi connectivity index (χ0) is 15.7. The number of nitrogens with zero attached hydrogens (tertiary/aromatic N) is 1. The molecule has 22 heavy (non-hydrogen) atoms. The van der Waals surface area contributed by atoms with Gasteiger partial charge in [0.05, 0.1) is 5.39 Å². The summed E-state index contributed by atoms with van der Waals surface area (Å²) in [6.45, 7) is 3.60. The van der Waals surface area contributed by atoms with Crippen molar-refractivity contribution in [1.82, 2.24) is 9.97 Å². The van der Waals surface area contributed by atoms with E-state index in [1.54, 1.807) is 12.1 Å². The summed E-state index contributed by atoms with van der Waals surface area (Å²) in [5.74, 6) is 0.168. The van der Waals surface area contributed by atoms with Crippen LogP contribution in [0.5, 0.6) is 0 Å². The number of thiophene rings is 1. The summed E-state index contributed by atoms with van der Waals surface area (Å²) in [6.07, 6.45) is 0. The van der Waals surface area contributed by atoms with E-state index in [9.17, 15) is 9.18 Å². The summed E-state index contributed by atoms with van der Waals surface area (Å²) in [6, 6.07) is 6.04. The number of aromatic amines is 1. The second kappa shape index (κ2) is 6.24. The smallest absolute Gasteiger partial charge is 0.260 e. The third-order valence-corrected chi connectivity index (χ3v) is 5.07. The SMILES string of the molecule is C=C(Cl)CSc1nc2scc(-c3ccc(F)cc3)c2c(=O)[nH]1. The van der Waals surface area contributed by atoms with Crippen molar-refractivity contribution in [2.24, 2.45) is 0 Å². The Morgan fingerprint density at radius 1 is 1.41 bits per heavy atom. The average Bonchev–Trinajstić information content (AvgIpc) is 2.90. The minimum absolute atomic E-state index is 0.215. The van der Waals surface area contributed by atoms with Gasteiger partial charge < -0.3 is 4.98 Å². The maximum atomic E-state index is 13.0. The number of H-pyrrole nitrogens is 1. The van der Waals surface area contributed by atoms with Gasteiger partial charge in [0.1, 0.15) is 10.6 Å². The van der Waals surface area contributed by atoms with Crippen LogP contribution in [-0.4, -0.2) is 15.7 Å². The minimum Gasteiger partial charge on any atom is -0.301 e. The normalized spacial score (nSPS) is 11.0. The molecule has 0 aliphatic heterocycles. The molecule has 0 bridgehead atoms. The predicted octanol–water partition coefficient (Wildman–Crippen LogP) is 4.64. The first-order valence-corrected chi connectivity index (χ1v) is 8.52. The van der Waals surface area contributed by atoms with Crippen LogP contribution in [0.3, 0.4) is 0 Å². The van der Waals surface area contributed by atoms with Crippen molar-refractivity contribution in [3.63, 3.8) is 0 Å². The molecule has 112 valence electrons. The number of benzene rings is 1. The Hall–Kier alpha value is -1.63. The summed E-state index contributed by atoms with van der Waals surface area (Å²) in [5.41, 5.74) is 1.33. The Morgan fingerprint density at radius 3 is 2.82 bits per heavy atom. The highest BCUT2D eigenvalue weighted by Crippen LogP contribution is 2.31. The number of nitrogens with one attached hydrogen (secondary N) is 1. The van der Waals surface area contributed by atoms with Crippen LogP contribution in [0.4, 0.5) is 4.39 Å². The second-order valence-corrected chi connectivity index (χ2v) is 6.87. The topological polar surface area (TPSA) is 45.8 Å². The van der Waals surface area contributed by atoms with Gasteiger partial charge in [-0.15, -0.1) is 11.3 Å². The third-order valence-electron chi connectivity index (χ3n) is 2.94. The number of halogens is 2. The fraction of sp³-hybridized carbons (Fsp3) is 0.0667. The number of rotatable bonds is 4. The maximum absolute atomic E-state index is 13.0. The van der Waals surface area contributed by atoms with Crippen molar-refractivity contribution < 1.29 is 4.39 Å². The van der Waals surface area contributed by atoms with E-state index in [0.29, 0.717) is 26.2 Å². The lowest BCUT2D eigenvalue weighted by Crippen LogP contribution is -2.08. The molecule has 0 aliphatic rings. The van der Waals surface area contributed by atoms with Gasteiger partial charge in [-0.05, 0) is 17.7 Å². The molecule has 0 atom stereocenters. The van der Waals surface area contributed by atoms with E-state index < -0.39 is 0 Å². The fourth-order valence-electron chi connectivity index (χ4n) is 1.99. The van der Waals surface area contributed by atoms with E-state index in [-0.39, 0.29) is 11.4 Å². The number of fused-ring (bicyclic) bond motifs is 1. The molecule has 1 aromatic carbocycles. The Kier molecular flexibility index (Phi) is 4.33. The van der Waals surface area contributed by atoms with Gasteiger partial charge in [0.15, 0.2) is 5.16 Å². The second-order valence-electron chi connectivity index (χ2n) is 4.51. The summed E-state index contributed by atoms with van der Waals surface area (Å²) in [4.78, 5) is 20.1. The van der Waals surface area contributed by atoms with E-state index in [0.717, 1.165) is 11.1 Å². The maximum Gasteiger partial charge on any atom is 0.260 e. The van der Waals surface area contributed by atoms with E-state index in [1.165, 1.54) is 35.2 Å². The monoisotopic (exact) mass is 352 g/mol. The largest absolute Gasteiger partial charge is 0.301 e. The van der Waals surface area contributed by atoms with Gasteiger partial charge in [0.2, 0.25) is 0 Å². The fourth-order valence-corrected chi connectivity index (χ4v) is 3.77. The molecular weight excluding hydrogens is 343 g/mol. The zero-order valence-electron chi connectivity index (χ0n) is 11.2. The first-order valence-electron chi connectivity index (χ1n) is 6.28. The quantitative estimate of drug-likeness (QED) is 0.549. The highest BCUT2D eigenvalue weighted by molar-refractivity contribution is 7.99. The van der Waals surface area contributed by atoms with Crippen molar-refractivity contribution in [1.29, 1.82) is 0 Å². The Bertz CT molecular complexity index is 902. The molecule has 3 aromatic rings. The molecule has 0 fully saturated rings. The molecule has 1 N–H and O–H groups in total. The van der Waals surface area contributed by atoms with Gasteiger partial charge in [0.25, 0.3) is 5.56 Å². The Labute approximate surface area is 138 Å². The number of thioether (sulfide) groups is 1. The molecule has 0 amide bonds. The number of hydrogen-bond donors (Lipinski definition) is 1. The van der Waals surface area contributed by atoms with E-state index >= 15 is 0 Å². The van der Waals surface area contributed by atoms with E-state index in [2.05, 4.69) is 16.5 Å². The average molecular weight is 353 g/mol. The van der Waals surface area contributed by atoms with Crippen LogP contribution in [0.1, 0.15) is 0 Å². The van der Waals surface area contributed by atoms with Gasteiger partial charge in [-0.1, -0.05) is 42.1 Å². The Morgan fingerprint density at radius 2 is 2.14 bits per heavy atom. The van der Waals surface area contributed by atoms with Crippen LogP contribution < -0.4 is 5.56 Å². The molecule has 0 spiro atoms. The molecule has 0 unspecified atom stereocenters. The number of aromatic nitrogens is 2. The van der Waals surface area contributed by atoms with Gasteiger partial charge >= 0.3 is 0 Å². The van der Waals surface area contributed by atoms with Crippen molar-refractivity contribution in [2.75, 3.05) is 5.75 Å². The third kappa shape index (κ3) is 3.09. The first kappa shape index (κ1) is 15.3. The highest BCUT2D eigenvalue weighted by atomic mass is 35.5. The molecule has 7 heteroatoms. The summed E-state index contributed by atoms with van der Waals surface area (Å²) in [7, 11) is 0. The molecular formula is C15H10ClFN2OS2. The molecule has 0 saturated carbocycles. The lowest BCUT2D eigenvalue weighted by molar-refractivity contribution is 0.628. The van der Waals surface area contributed by atoms with E-state index in [4.69, 9.17) is 11.6 Å².